The summed E-state index contributed by atoms with van der Waals surface area (Å²) in [6, 6.07) is 20.6. The van der Waals surface area contributed by atoms with E-state index in [1.165, 1.54) is 12.1 Å². The van der Waals surface area contributed by atoms with Gasteiger partial charge in [-0.3, -0.25) is 4.79 Å². The monoisotopic (exact) mass is 514 g/mol. The van der Waals surface area contributed by atoms with Crippen LogP contribution in [0.2, 0.25) is 0 Å². The third kappa shape index (κ3) is 6.06. The van der Waals surface area contributed by atoms with Gasteiger partial charge in [0.15, 0.2) is 0 Å². The second kappa shape index (κ2) is 10.4. The first kappa shape index (κ1) is 24.2. The molecule has 1 atom stereocenters. The molecule has 7 heteroatoms. The van der Waals surface area contributed by atoms with E-state index in [1.54, 1.807) is 12.1 Å². The van der Waals surface area contributed by atoms with E-state index in [9.17, 15) is 13.2 Å². The lowest BCUT2D eigenvalue weighted by molar-refractivity contribution is -0.117. The van der Waals surface area contributed by atoms with E-state index >= 15 is 0 Å². The van der Waals surface area contributed by atoms with Crippen LogP contribution < -0.4 is 10.0 Å². The standard InChI is InChI=1S/C25H27BrN2O3S/c1-17(2)22-11-7-8-18(3)24(22)27-25(29)23(16-19-9-5-4-6-10-19)28-32(30,31)21-14-12-20(26)13-15-21/h4-15,17,23,28H,16H2,1-3H3,(H,27,29)/t23-/m0/s1. The van der Waals surface area contributed by atoms with Crippen molar-refractivity contribution in [3.05, 3.63) is 94.0 Å². The predicted octanol–water partition coefficient (Wildman–Crippen LogP) is 5.41. The SMILES string of the molecule is Cc1cccc(C(C)C)c1NC(=O)[C@H](Cc1ccccc1)NS(=O)(=O)c1ccc(Br)cc1. The van der Waals surface area contributed by atoms with E-state index in [1.807, 2.05) is 55.5 Å². The number of carbonyl (C=O) groups excluding carboxylic acids is 1. The lowest BCUT2D eigenvalue weighted by Crippen LogP contribution is -2.45. The van der Waals surface area contributed by atoms with Crippen LogP contribution in [-0.4, -0.2) is 20.4 Å². The number of para-hydroxylation sites is 1. The molecule has 0 unspecified atom stereocenters. The average molecular weight is 515 g/mol. The fraction of sp³-hybridized carbons (Fsp3) is 0.240. The number of halogens is 1. The highest BCUT2D eigenvalue weighted by Gasteiger charge is 2.27. The van der Waals surface area contributed by atoms with E-state index < -0.39 is 22.0 Å². The molecule has 3 rings (SSSR count). The number of anilines is 1. The smallest absolute Gasteiger partial charge is 0.242 e. The second-order valence-electron chi connectivity index (χ2n) is 8.00. The summed E-state index contributed by atoms with van der Waals surface area (Å²) < 4.78 is 29.5. The van der Waals surface area contributed by atoms with Gasteiger partial charge in [-0.15, -0.1) is 0 Å². The molecule has 0 saturated carbocycles. The number of benzene rings is 3. The van der Waals surface area contributed by atoms with Crippen LogP contribution in [0.5, 0.6) is 0 Å². The number of aryl methyl sites for hydroxylation is 1. The van der Waals surface area contributed by atoms with Gasteiger partial charge in [0.25, 0.3) is 0 Å². The summed E-state index contributed by atoms with van der Waals surface area (Å²) in [5.41, 5.74) is 3.53. The van der Waals surface area contributed by atoms with Crippen LogP contribution in [0, 0.1) is 6.92 Å². The lowest BCUT2D eigenvalue weighted by Gasteiger charge is -2.22. The van der Waals surface area contributed by atoms with Gasteiger partial charge in [-0.05, 0) is 60.2 Å². The third-order valence-corrected chi connectivity index (χ3v) is 7.21. The maximum atomic E-state index is 13.4. The van der Waals surface area contributed by atoms with Gasteiger partial charge in [0.2, 0.25) is 15.9 Å². The molecule has 0 saturated heterocycles. The minimum absolute atomic E-state index is 0.102. The van der Waals surface area contributed by atoms with Gasteiger partial charge in [-0.2, -0.15) is 4.72 Å². The van der Waals surface area contributed by atoms with Crippen molar-refractivity contribution in [3.63, 3.8) is 0 Å². The van der Waals surface area contributed by atoms with Crippen molar-refractivity contribution in [2.24, 2.45) is 0 Å². The molecule has 0 heterocycles. The molecule has 0 aliphatic heterocycles. The van der Waals surface area contributed by atoms with E-state index in [0.29, 0.717) is 0 Å². The molecule has 3 aromatic rings. The normalized spacial score (nSPS) is 12.5. The van der Waals surface area contributed by atoms with Gasteiger partial charge >= 0.3 is 0 Å². The molecule has 1 amide bonds. The van der Waals surface area contributed by atoms with Gasteiger partial charge in [0.1, 0.15) is 6.04 Å². The summed E-state index contributed by atoms with van der Waals surface area (Å²) >= 11 is 3.31. The molecule has 0 aliphatic carbocycles. The van der Waals surface area contributed by atoms with Crippen molar-refractivity contribution in [2.45, 2.75) is 44.0 Å². The van der Waals surface area contributed by atoms with Gasteiger partial charge in [-0.25, -0.2) is 8.42 Å². The molecule has 0 fully saturated rings. The number of hydrogen-bond acceptors (Lipinski definition) is 3. The van der Waals surface area contributed by atoms with E-state index in [-0.39, 0.29) is 17.2 Å². The van der Waals surface area contributed by atoms with Crippen molar-refractivity contribution in [3.8, 4) is 0 Å². The van der Waals surface area contributed by atoms with Gasteiger partial charge in [0, 0.05) is 10.2 Å². The molecule has 0 radical (unpaired) electrons. The first-order valence-corrected chi connectivity index (χ1v) is 12.7. The largest absolute Gasteiger partial charge is 0.324 e. The fourth-order valence-electron chi connectivity index (χ4n) is 3.46. The molecular formula is C25H27BrN2O3S. The summed E-state index contributed by atoms with van der Waals surface area (Å²) in [5.74, 6) is -0.192. The van der Waals surface area contributed by atoms with Crippen molar-refractivity contribution in [2.75, 3.05) is 5.32 Å². The summed E-state index contributed by atoms with van der Waals surface area (Å²) in [6.45, 7) is 6.05. The number of nitrogens with one attached hydrogen (secondary N) is 2. The van der Waals surface area contributed by atoms with Gasteiger partial charge < -0.3 is 5.32 Å². The van der Waals surface area contributed by atoms with Crippen LogP contribution in [0.4, 0.5) is 5.69 Å². The Morgan fingerprint density at radius 2 is 1.59 bits per heavy atom. The molecule has 2 N–H and O–H groups in total. The van der Waals surface area contributed by atoms with Crippen molar-refractivity contribution >= 4 is 37.5 Å². The first-order chi connectivity index (χ1) is 15.2. The van der Waals surface area contributed by atoms with E-state index in [2.05, 4.69) is 39.8 Å². The Labute approximate surface area is 198 Å². The molecule has 5 nitrogen and oxygen atoms in total. The molecule has 0 aromatic heterocycles. The lowest BCUT2D eigenvalue weighted by atomic mass is 9.97. The highest BCUT2D eigenvalue weighted by molar-refractivity contribution is 9.10. The Morgan fingerprint density at radius 3 is 2.22 bits per heavy atom. The minimum atomic E-state index is -3.90. The quantitative estimate of drug-likeness (QED) is 0.421. The second-order valence-corrected chi connectivity index (χ2v) is 10.6. The maximum Gasteiger partial charge on any atom is 0.242 e. The highest BCUT2D eigenvalue weighted by Crippen LogP contribution is 2.28. The number of hydrogen-bond donors (Lipinski definition) is 2. The van der Waals surface area contributed by atoms with Crippen LogP contribution >= 0.6 is 15.9 Å². The topological polar surface area (TPSA) is 75.3 Å². The molecular weight excluding hydrogens is 488 g/mol. The van der Waals surface area contributed by atoms with Crippen LogP contribution in [-0.2, 0) is 21.2 Å². The molecule has 0 spiro atoms. The van der Waals surface area contributed by atoms with Crippen LogP contribution in [0.25, 0.3) is 0 Å². The fourth-order valence-corrected chi connectivity index (χ4v) is 4.92. The third-order valence-electron chi connectivity index (χ3n) is 5.20. The molecule has 3 aromatic carbocycles. The Balaban J connectivity index is 1.93. The molecule has 0 bridgehead atoms. The summed E-state index contributed by atoms with van der Waals surface area (Å²) in [6.07, 6.45) is 0.228. The van der Waals surface area contributed by atoms with Crippen molar-refractivity contribution in [1.82, 2.24) is 4.72 Å². The van der Waals surface area contributed by atoms with Gasteiger partial charge in [-0.1, -0.05) is 78.3 Å². The number of rotatable bonds is 8. The zero-order valence-corrected chi connectivity index (χ0v) is 20.7. The number of amides is 1. The number of sulfonamides is 1. The first-order valence-electron chi connectivity index (χ1n) is 10.4. The van der Waals surface area contributed by atoms with E-state index in [0.717, 1.165) is 26.9 Å². The summed E-state index contributed by atoms with van der Waals surface area (Å²) in [4.78, 5) is 13.5. The highest BCUT2D eigenvalue weighted by atomic mass is 79.9. The Morgan fingerprint density at radius 1 is 0.938 bits per heavy atom. The number of carbonyl (C=O) groups is 1. The predicted molar refractivity (Wildman–Crippen MR) is 132 cm³/mol. The summed E-state index contributed by atoms with van der Waals surface area (Å²) in [5, 5.41) is 2.99. The Bertz CT molecular complexity index is 1180. The average Bonchev–Trinajstić information content (AvgIpc) is 2.75. The zero-order chi connectivity index (χ0) is 23.3. The van der Waals surface area contributed by atoms with E-state index in [4.69, 9.17) is 0 Å². The zero-order valence-electron chi connectivity index (χ0n) is 18.3. The van der Waals surface area contributed by atoms with Crippen molar-refractivity contribution < 1.29 is 13.2 Å². The maximum absolute atomic E-state index is 13.4. The van der Waals surface area contributed by atoms with Crippen molar-refractivity contribution in [1.29, 1.82) is 0 Å². The van der Waals surface area contributed by atoms with Crippen LogP contribution in [0.3, 0.4) is 0 Å². The Hall–Kier alpha value is -2.48. The Kier molecular flexibility index (Phi) is 7.87. The molecule has 0 aliphatic rings. The molecule has 168 valence electrons. The molecule has 32 heavy (non-hydrogen) atoms. The van der Waals surface area contributed by atoms with Crippen LogP contribution in [0.15, 0.2) is 82.2 Å². The minimum Gasteiger partial charge on any atom is -0.324 e. The van der Waals surface area contributed by atoms with Crippen LogP contribution in [0.1, 0.15) is 36.5 Å². The van der Waals surface area contributed by atoms with Gasteiger partial charge in [0.05, 0.1) is 4.90 Å². The summed E-state index contributed by atoms with van der Waals surface area (Å²) in [7, 11) is -3.90.